The van der Waals surface area contributed by atoms with Crippen LogP contribution in [-0.4, -0.2) is 19.3 Å². The first-order valence-corrected chi connectivity index (χ1v) is 7.29. The molecule has 0 radical (unpaired) electrons. The van der Waals surface area contributed by atoms with Crippen molar-refractivity contribution in [3.05, 3.63) is 35.0 Å². The predicted octanol–water partition coefficient (Wildman–Crippen LogP) is 2.91. The molecule has 3 rings (SSSR count). The van der Waals surface area contributed by atoms with Crippen molar-refractivity contribution >= 4 is 17.1 Å². The molecule has 0 bridgehead atoms. The van der Waals surface area contributed by atoms with E-state index in [1.165, 1.54) is 11.1 Å². The lowest BCUT2D eigenvalue weighted by Crippen LogP contribution is -2.05. The molecular formula is C16H21N5. The lowest BCUT2D eigenvalue weighted by molar-refractivity contribution is 0.737. The Labute approximate surface area is 124 Å². The zero-order valence-electron chi connectivity index (χ0n) is 13.0. The molecule has 2 N–H and O–H groups in total. The van der Waals surface area contributed by atoms with Crippen molar-refractivity contribution in [3.63, 3.8) is 0 Å². The maximum absolute atomic E-state index is 6.17. The summed E-state index contributed by atoms with van der Waals surface area (Å²) in [6.45, 7) is 6.32. The minimum Gasteiger partial charge on any atom is -0.369 e. The van der Waals surface area contributed by atoms with E-state index < -0.39 is 0 Å². The number of nitrogens with two attached hydrogens (primary N) is 1. The van der Waals surface area contributed by atoms with E-state index in [0.29, 0.717) is 5.95 Å². The fraction of sp³-hybridized carbons (Fsp3) is 0.375. The number of nitrogens with zero attached hydrogens (tertiary/aromatic N) is 4. The van der Waals surface area contributed by atoms with Crippen LogP contribution in [0.15, 0.2) is 18.2 Å². The van der Waals surface area contributed by atoms with Crippen LogP contribution in [0.25, 0.3) is 16.9 Å². The van der Waals surface area contributed by atoms with Gasteiger partial charge in [0.15, 0.2) is 5.65 Å². The molecule has 0 saturated heterocycles. The monoisotopic (exact) mass is 283 g/mol. The van der Waals surface area contributed by atoms with Crippen LogP contribution in [0.2, 0.25) is 0 Å². The standard InChI is InChI=1S/C16H21N5/c1-5-6-13-14-15(20(4)19-13)21(16(17)18-14)12-8-10(2)7-11(3)9-12/h7-9H,5-6H2,1-4H3,(H2,17,18). The van der Waals surface area contributed by atoms with Crippen LogP contribution in [0.4, 0.5) is 5.95 Å². The zero-order valence-corrected chi connectivity index (χ0v) is 13.0. The molecule has 0 unspecified atom stereocenters. The fourth-order valence-electron chi connectivity index (χ4n) is 2.94. The van der Waals surface area contributed by atoms with Gasteiger partial charge in [0.2, 0.25) is 5.95 Å². The van der Waals surface area contributed by atoms with Crippen LogP contribution >= 0.6 is 0 Å². The van der Waals surface area contributed by atoms with Crippen LogP contribution < -0.4 is 5.73 Å². The summed E-state index contributed by atoms with van der Waals surface area (Å²) in [5, 5.41) is 4.59. The zero-order chi connectivity index (χ0) is 15.1. The smallest absolute Gasteiger partial charge is 0.207 e. The number of anilines is 1. The molecule has 0 fully saturated rings. The Morgan fingerprint density at radius 2 is 1.81 bits per heavy atom. The highest BCUT2D eigenvalue weighted by Gasteiger charge is 2.18. The van der Waals surface area contributed by atoms with Crippen molar-refractivity contribution < 1.29 is 0 Å². The first-order valence-electron chi connectivity index (χ1n) is 7.29. The van der Waals surface area contributed by atoms with Crippen molar-refractivity contribution in [3.8, 4) is 5.69 Å². The van der Waals surface area contributed by atoms with Gasteiger partial charge in [0.1, 0.15) is 5.52 Å². The number of nitrogen functional groups attached to an aromatic ring is 1. The summed E-state index contributed by atoms with van der Waals surface area (Å²) in [5.74, 6) is 0.514. The minimum absolute atomic E-state index is 0.514. The molecule has 2 aromatic heterocycles. The summed E-state index contributed by atoms with van der Waals surface area (Å²) in [4.78, 5) is 4.55. The van der Waals surface area contributed by atoms with E-state index in [4.69, 9.17) is 5.73 Å². The highest BCUT2D eigenvalue weighted by molar-refractivity contribution is 5.80. The second-order valence-corrected chi connectivity index (χ2v) is 5.64. The third-order valence-corrected chi connectivity index (χ3v) is 3.68. The Balaban J connectivity index is 2.29. The summed E-state index contributed by atoms with van der Waals surface area (Å²) in [6, 6.07) is 6.40. The van der Waals surface area contributed by atoms with Gasteiger partial charge in [-0.3, -0.25) is 4.57 Å². The first kappa shape index (κ1) is 13.7. The van der Waals surface area contributed by atoms with Gasteiger partial charge in [0.05, 0.1) is 11.4 Å². The van der Waals surface area contributed by atoms with Crippen molar-refractivity contribution in [2.75, 3.05) is 5.73 Å². The number of hydrogen-bond acceptors (Lipinski definition) is 3. The molecule has 0 saturated carbocycles. The van der Waals surface area contributed by atoms with Gasteiger partial charge in [-0.2, -0.15) is 5.10 Å². The molecule has 0 spiro atoms. The molecule has 0 atom stereocenters. The van der Waals surface area contributed by atoms with Crippen molar-refractivity contribution in [2.24, 2.45) is 7.05 Å². The molecule has 21 heavy (non-hydrogen) atoms. The van der Waals surface area contributed by atoms with Gasteiger partial charge < -0.3 is 5.73 Å². The van der Waals surface area contributed by atoms with Gasteiger partial charge in [0, 0.05) is 7.05 Å². The van der Waals surface area contributed by atoms with E-state index in [1.807, 2.05) is 16.3 Å². The number of imidazole rings is 1. The van der Waals surface area contributed by atoms with Crippen LogP contribution in [0.5, 0.6) is 0 Å². The van der Waals surface area contributed by atoms with E-state index in [0.717, 1.165) is 35.4 Å². The van der Waals surface area contributed by atoms with Gasteiger partial charge in [-0.1, -0.05) is 19.4 Å². The van der Waals surface area contributed by atoms with Crippen LogP contribution in [-0.2, 0) is 13.5 Å². The number of aromatic nitrogens is 4. The quantitative estimate of drug-likeness (QED) is 0.804. The normalized spacial score (nSPS) is 11.4. The van der Waals surface area contributed by atoms with Crippen LogP contribution in [0.3, 0.4) is 0 Å². The first-order chi connectivity index (χ1) is 10.0. The summed E-state index contributed by atoms with van der Waals surface area (Å²) >= 11 is 0. The van der Waals surface area contributed by atoms with E-state index in [1.54, 1.807) is 0 Å². The number of hydrogen-bond donors (Lipinski definition) is 1. The SMILES string of the molecule is CCCc1nn(C)c2c1nc(N)n2-c1cc(C)cc(C)c1. The Morgan fingerprint density at radius 3 is 2.43 bits per heavy atom. The third kappa shape index (κ3) is 2.18. The summed E-state index contributed by atoms with van der Waals surface area (Å²) in [7, 11) is 1.95. The number of rotatable bonds is 3. The maximum atomic E-state index is 6.17. The summed E-state index contributed by atoms with van der Waals surface area (Å²) in [6.07, 6.45) is 1.96. The Morgan fingerprint density at radius 1 is 1.14 bits per heavy atom. The van der Waals surface area contributed by atoms with Crippen molar-refractivity contribution in [2.45, 2.75) is 33.6 Å². The van der Waals surface area contributed by atoms with E-state index in [9.17, 15) is 0 Å². The number of aryl methyl sites for hydroxylation is 4. The third-order valence-electron chi connectivity index (χ3n) is 3.68. The average Bonchev–Trinajstić information content (AvgIpc) is 2.87. The predicted molar refractivity (Wildman–Crippen MR) is 85.7 cm³/mol. The topological polar surface area (TPSA) is 61.7 Å². The molecule has 1 aromatic carbocycles. The molecule has 110 valence electrons. The van der Waals surface area contributed by atoms with Crippen LogP contribution in [0.1, 0.15) is 30.2 Å². The lowest BCUT2D eigenvalue weighted by Gasteiger charge is -2.09. The molecule has 0 amide bonds. The lowest BCUT2D eigenvalue weighted by atomic mass is 10.1. The molecule has 5 nitrogen and oxygen atoms in total. The van der Waals surface area contributed by atoms with Crippen molar-refractivity contribution in [1.82, 2.24) is 19.3 Å². The van der Waals surface area contributed by atoms with Gasteiger partial charge in [-0.15, -0.1) is 0 Å². The van der Waals surface area contributed by atoms with Gasteiger partial charge in [-0.05, 0) is 43.5 Å². The molecule has 5 heteroatoms. The Kier molecular flexibility index (Phi) is 3.20. The van der Waals surface area contributed by atoms with Crippen LogP contribution in [0, 0.1) is 13.8 Å². The highest BCUT2D eigenvalue weighted by atomic mass is 15.3. The fourth-order valence-corrected chi connectivity index (χ4v) is 2.94. The van der Waals surface area contributed by atoms with E-state index in [-0.39, 0.29) is 0 Å². The minimum atomic E-state index is 0.514. The van der Waals surface area contributed by atoms with Gasteiger partial charge >= 0.3 is 0 Å². The molecular weight excluding hydrogens is 262 g/mol. The average molecular weight is 283 g/mol. The summed E-state index contributed by atoms with van der Waals surface area (Å²) < 4.78 is 3.86. The Bertz CT molecular complexity index is 790. The maximum Gasteiger partial charge on any atom is 0.207 e. The number of fused-ring (bicyclic) bond motifs is 1. The molecule has 0 aliphatic rings. The van der Waals surface area contributed by atoms with Gasteiger partial charge in [0.25, 0.3) is 0 Å². The molecule has 0 aliphatic heterocycles. The van der Waals surface area contributed by atoms with E-state index in [2.05, 4.69) is 49.1 Å². The van der Waals surface area contributed by atoms with E-state index >= 15 is 0 Å². The largest absolute Gasteiger partial charge is 0.369 e. The second-order valence-electron chi connectivity index (χ2n) is 5.64. The Hall–Kier alpha value is -2.30. The second kappa shape index (κ2) is 4.91. The van der Waals surface area contributed by atoms with Gasteiger partial charge in [-0.25, -0.2) is 9.67 Å². The molecule has 0 aliphatic carbocycles. The molecule has 3 aromatic rings. The number of benzene rings is 1. The summed E-state index contributed by atoms with van der Waals surface area (Å²) in [5.41, 5.74) is 12.5. The highest BCUT2D eigenvalue weighted by Crippen LogP contribution is 2.26. The van der Waals surface area contributed by atoms with Crippen molar-refractivity contribution in [1.29, 1.82) is 0 Å². The molecule has 2 heterocycles.